The van der Waals surface area contributed by atoms with Gasteiger partial charge in [-0.1, -0.05) is 6.92 Å². The van der Waals surface area contributed by atoms with Crippen LogP contribution in [-0.4, -0.2) is 23.1 Å². The van der Waals surface area contributed by atoms with Crippen molar-refractivity contribution in [2.45, 2.75) is 19.8 Å². The standard InChI is InChI=1S/C5H7.2BrH.Mg/c1-3-5-4-2;;;/h3,5H2,1H3;2*1H;/q-1;;;+2/p-1. The van der Waals surface area contributed by atoms with Crippen molar-refractivity contribution in [3.8, 4) is 5.92 Å². The number of rotatable bonds is 1. The van der Waals surface area contributed by atoms with Gasteiger partial charge in [0.15, 0.2) is 0 Å². The van der Waals surface area contributed by atoms with Crippen molar-refractivity contribution in [2.75, 3.05) is 0 Å². The third kappa shape index (κ3) is 26.7. The average Bonchev–Trinajstić information content (AvgIpc) is 1.41. The molecule has 0 fully saturated rings. The summed E-state index contributed by atoms with van der Waals surface area (Å²) in [6.07, 6.45) is 8.20. The van der Waals surface area contributed by atoms with Gasteiger partial charge in [-0.3, -0.25) is 0 Å². The molecular weight excluding hydrogens is 244 g/mol. The summed E-state index contributed by atoms with van der Waals surface area (Å²) in [7, 11) is 0. The Bertz CT molecular complexity index is 48.9. The molecule has 0 aromatic carbocycles. The quantitative estimate of drug-likeness (QED) is 0.305. The van der Waals surface area contributed by atoms with E-state index in [2.05, 4.69) is 5.92 Å². The maximum absolute atomic E-state index is 6.35. The summed E-state index contributed by atoms with van der Waals surface area (Å²) in [6.45, 7) is 2.03. The summed E-state index contributed by atoms with van der Waals surface area (Å²) >= 11 is 0. The first-order chi connectivity index (χ1) is 2.41. The molecule has 3 heteroatoms. The molecule has 0 radical (unpaired) electrons. The van der Waals surface area contributed by atoms with E-state index < -0.39 is 0 Å². The Morgan fingerprint density at radius 3 is 1.88 bits per heavy atom. The van der Waals surface area contributed by atoms with Crippen molar-refractivity contribution in [3.63, 3.8) is 0 Å². The monoisotopic (exact) mass is 250 g/mol. The van der Waals surface area contributed by atoms with Crippen LogP contribution in [0.25, 0.3) is 0 Å². The normalized spacial score (nSPS) is 4.00. The summed E-state index contributed by atoms with van der Waals surface area (Å²) in [5.74, 6) is 2.27. The van der Waals surface area contributed by atoms with E-state index in [0.29, 0.717) is 0 Å². The van der Waals surface area contributed by atoms with E-state index in [-0.39, 0.29) is 57.0 Å². The Kier molecular flexibility index (Phi) is 68.3. The van der Waals surface area contributed by atoms with Crippen LogP contribution >= 0.6 is 17.0 Å². The van der Waals surface area contributed by atoms with Gasteiger partial charge in [0.2, 0.25) is 0 Å². The van der Waals surface area contributed by atoms with Gasteiger partial charge < -0.3 is 29.3 Å². The maximum atomic E-state index is 6.35. The topological polar surface area (TPSA) is 0 Å². The van der Waals surface area contributed by atoms with E-state index in [1.54, 1.807) is 0 Å². The molecule has 44 valence electrons. The van der Waals surface area contributed by atoms with Gasteiger partial charge >= 0.3 is 23.1 Å². The molecule has 0 N–H and O–H groups in total. The van der Waals surface area contributed by atoms with Crippen LogP contribution in [0.5, 0.6) is 0 Å². The van der Waals surface area contributed by atoms with E-state index >= 15 is 0 Å². The Morgan fingerprint density at radius 1 is 1.50 bits per heavy atom. The molecule has 0 saturated heterocycles. The fourth-order valence-electron chi connectivity index (χ4n) is 0.125. The van der Waals surface area contributed by atoms with Crippen LogP contribution in [0.1, 0.15) is 19.8 Å². The third-order valence-corrected chi connectivity index (χ3v) is 0.375. The molecule has 0 bridgehead atoms. The Hall–Kier alpha value is 1.29. The fourth-order valence-corrected chi connectivity index (χ4v) is 0.125. The summed E-state index contributed by atoms with van der Waals surface area (Å²) in [4.78, 5) is 0. The molecule has 0 aromatic rings. The molecular formula is C5H8Br2Mg. The predicted molar refractivity (Wildman–Crippen MR) is 38.1 cm³/mol. The van der Waals surface area contributed by atoms with Gasteiger partial charge in [0.05, 0.1) is 0 Å². The molecule has 0 spiro atoms. The first kappa shape index (κ1) is 22.8. The Labute approximate surface area is 88.5 Å². The van der Waals surface area contributed by atoms with Crippen LogP contribution < -0.4 is 17.0 Å². The summed E-state index contributed by atoms with van der Waals surface area (Å²) in [6, 6.07) is 0. The molecule has 0 saturated carbocycles. The van der Waals surface area contributed by atoms with Crippen LogP contribution in [0.4, 0.5) is 0 Å². The second kappa shape index (κ2) is 23.9. The molecule has 0 aromatic heterocycles. The van der Waals surface area contributed by atoms with E-state index in [1.165, 1.54) is 0 Å². The van der Waals surface area contributed by atoms with Gasteiger partial charge in [-0.2, -0.15) is 0 Å². The van der Waals surface area contributed by atoms with E-state index in [4.69, 9.17) is 6.42 Å². The molecule has 0 aliphatic heterocycles. The maximum Gasteiger partial charge on any atom is 2.00 e. The zero-order chi connectivity index (χ0) is 4.12. The van der Waals surface area contributed by atoms with Crippen molar-refractivity contribution in [2.24, 2.45) is 0 Å². The van der Waals surface area contributed by atoms with Gasteiger partial charge in [0, 0.05) is 0 Å². The van der Waals surface area contributed by atoms with E-state index in [0.717, 1.165) is 12.8 Å². The summed E-state index contributed by atoms with van der Waals surface area (Å²) < 4.78 is 0. The largest absolute Gasteiger partial charge is 2.00 e. The van der Waals surface area contributed by atoms with Gasteiger partial charge in [-0.25, -0.2) is 0 Å². The van der Waals surface area contributed by atoms with Crippen LogP contribution in [0.3, 0.4) is 0 Å². The number of unbranched alkanes of at least 4 members (excludes halogenated alkanes) is 1. The predicted octanol–water partition coefficient (Wildman–Crippen LogP) is -1.42. The molecule has 0 aliphatic carbocycles. The van der Waals surface area contributed by atoms with E-state index in [1.807, 2.05) is 6.92 Å². The average molecular weight is 252 g/mol. The SMILES string of the molecule is Br.[Br-].[C-]#CCCC.[Mg+2]. The van der Waals surface area contributed by atoms with Crippen LogP contribution in [0, 0.1) is 12.3 Å². The molecule has 0 amide bonds. The number of hydrogen-bond acceptors (Lipinski definition) is 0. The molecule has 0 nitrogen and oxygen atoms in total. The number of hydrogen-bond donors (Lipinski definition) is 0. The smallest absolute Gasteiger partial charge is 1.00 e. The minimum atomic E-state index is 0. The Balaban J connectivity index is -0.0000000267. The van der Waals surface area contributed by atoms with Gasteiger partial charge in [-0.15, -0.1) is 17.0 Å². The van der Waals surface area contributed by atoms with Gasteiger partial charge in [-0.05, 0) is 12.8 Å². The molecule has 0 unspecified atom stereocenters. The van der Waals surface area contributed by atoms with Crippen LogP contribution in [0.15, 0.2) is 0 Å². The van der Waals surface area contributed by atoms with Crippen molar-refractivity contribution < 1.29 is 17.0 Å². The second-order valence-electron chi connectivity index (χ2n) is 0.927. The second-order valence-corrected chi connectivity index (χ2v) is 0.927. The first-order valence-corrected chi connectivity index (χ1v) is 1.81. The van der Waals surface area contributed by atoms with E-state index in [9.17, 15) is 0 Å². The summed E-state index contributed by atoms with van der Waals surface area (Å²) in [5.41, 5.74) is 0. The van der Waals surface area contributed by atoms with Crippen molar-refractivity contribution in [3.05, 3.63) is 6.42 Å². The molecule has 0 heterocycles. The minimum absolute atomic E-state index is 0. The first-order valence-electron chi connectivity index (χ1n) is 1.81. The van der Waals surface area contributed by atoms with Crippen LogP contribution in [-0.2, 0) is 0 Å². The minimum Gasteiger partial charge on any atom is -1.00 e. The third-order valence-electron chi connectivity index (χ3n) is 0.375. The van der Waals surface area contributed by atoms with Crippen molar-refractivity contribution >= 4 is 40.0 Å². The van der Waals surface area contributed by atoms with Crippen molar-refractivity contribution in [1.82, 2.24) is 0 Å². The van der Waals surface area contributed by atoms with Crippen molar-refractivity contribution in [1.29, 1.82) is 0 Å². The molecule has 8 heavy (non-hydrogen) atoms. The summed E-state index contributed by atoms with van der Waals surface area (Å²) in [5, 5.41) is 0. The molecule has 0 atom stereocenters. The van der Waals surface area contributed by atoms with Gasteiger partial charge in [0.1, 0.15) is 0 Å². The Morgan fingerprint density at radius 2 is 1.88 bits per heavy atom. The van der Waals surface area contributed by atoms with Crippen LogP contribution in [0.2, 0.25) is 0 Å². The van der Waals surface area contributed by atoms with Gasteiger partial charge in [0.25, 0.3) is 0 Å². The zero-order valence-corrected chi connectivity index (χ0v) is 9.62. The molecule has 0 rings (SSSR count). The molecule has 0 aliphatic rings. The zero-order valence-electron chi connectivity index (χ0n) is 4.91. The fraction of sp³-hybridized carbons (Fsp3) is 0.600. The number of halogens is 2.